The number of carbonyl (C=O) groups is 2. The molecule has 1 heterocycles. The molecule has 0 radical (unpaired) electrons. The van der Waals surface area contributed by atoms with Gasteiger partial charge < -0.3 is 10.6 Å². The summed E-state index contributed by atoms with van der Waals surface area (Å²) in [4.78, 5) is 42.1. The summed E-state index contributed by atoms with van der Waals surface area (Å²) in [6, 6.07) is 11.5. The van der Waals surface area contributed by atoms with Crippen LogP contribution in [0.2, 0.25) is 0 Å². The highest BCUT2D eigenvalue weighted by molar-refractivity contribution is 5.92. The number of nitrogens with one attached hydrogen (secondary N) is 2. The Kier molecular flexibility index (Phi) is 6.17. The first kappa shape index (κ1) is 22.5. The normalized spacial score (nSPS) is 13.7. The van der Waals surface area contributed by atoms with Crippen molar-refractivity contribution >= 4 is 28.5 Å². The lowest BCUT2D eigenvalue weighted by atomic mass is 10.1. The van der Waals surface area contributed by atoms with Gasteiger partial charge in [-0.25, -0.2) is 4.98 Å². The summed E-state index contributed by atoms with van der Waals surface area (Å²) >= 11 is 0. The molecule has 1 aliphatic carbocycles. The number of halogens is 3. The summed E-state index contributed by atoms with van der Waals surface area (Å²) < 4.78 is 40.9. The zero-order valence-corrected chi connectivity index (χ0v) is 17.5. The minimum absolute atomic E-state index is 0.0717. The van der Waals surface area contributed by atoms with Crippen LogP contribution in [-0.2, 0) is 28.7 Å². The number of aromatic nitrogens is 2. The van der Waals surface area contributed by atoms with Crippen molar-refractivity contribution in [1.82, 2.24) is 14.9 Å². The van der Waals surface area contributed by atoms with Gasteiger partial charge in [0.15, 0.2) is 0 Å². The standard InChI is InChI=1S/C23H21F3N4O3/c24-23(25,26)15-5-1-2-6-16(15)29-21(32)13-30-19-8-4-3-7-17(19)28-18(22(30)33)11-12-20(31)27-14-9-10-14/h1-8,14H,9-13H2,(H,27,31)(H,29,32). The number of aryl methyl sites for hydroxylation is 1. The van der Waals surface area contributed by atoms with Crippen LogP contribution < -0.4 is 16.2 Å². The molecule has 7 nitrogen and oxygen atoms in total. The van der Waals surface area contributed by atoms with E-state index in [1.165, 1.54) is 16.7 Å². The van der Waals surface area contributed by atoms with E-state index in [0.717, 1.165) is 25.0 Å². The summed E-state index contributed by atoms with van der Waals surface area (Å²) in [6.45, 7) is -0.505. The smallest absolute Gasteiger partial charge is 0.353 e. The highest BCUT2D eigenvalue weighted by Gasteiger charge is 2.33. The Balaban J connectivity index is 1.59. The number of anilines is 1. The first-order valence-electron chi connectivity index (χ1n) is 10.5. The lowest BCUT2D eigenvalue weighted by molar-refractivity contribution is -0.137. The highest BCUT2D eigenvalue weighted by atomic mass is 19.4. The van der Waals surface area contributed by atoms with Crippen LogP contribution in [0.15, 0.2) is 53.3 Å². The number of rotatable bonds is 7. The molecular formula is C23H21F3N4O3. The quantitative estimate of drug-likeness (QED) is 0.569. The van der Waals surface area contributed by atoms with E-state index in [9.17, 15) is 27.6 Å². The van der Waals surface area contributed by atoms with Crippen molar-refractivity contribution < 1.29 is 22.8 Å². The second kappa shape index (κ2) is 9.05. The fraction of sp³-hybridized carbons (Fsp3) is 0.304. The molecule has 1 fully saturated rings. The molecule has 1 aliphatic rings. The highest BCUT2D eigenvalue weighted by Crippen LogP contribution is 2.34. The lowest BCUT2D eigenvalue weighted by Gasteiger charge is -2.15. The number of amides is 2. The van der Waals surface area contributed by atoms with Crippen molar-refractivity contribution in [1.29, 1.82) is 0 Å². The van der Waals surface area contributed by atoms with Gasteiger partial charge in [0.05, 0.1) is 22.3 Å². The van der Waals surface area contributed by atoms with Crippen molar-refractivity contribution in [3.05, 3.63) is 70.1 Å². The molecule has 4 rings (SSSR count). The zero-order chi connectivity index (χ0) is 23.6. The number of nitrogens with zero attached hydrogens (tertiary/aromatic N) is 2. The predicted molar refractivity (Wildman–Crippen MR) is 116 cm³/mol. The van der Waals surface area contributed by atoms with Crippen LogP contribution in [0.5, 0.6) is 0 Å². The van der Waals surface area contributed by atoms with E-state index in [0.29, 0.717) is 11.0 Å². The summed E-state index contributed by atoms with van der Waals surface area (Å²) in [7, 11) is 0. The largest absolute Gasteiger partial charge is 0.418 e. The maximum absolute atomic E-state index is 13.2. The Hall–Kier alpha value is -3.69. The molecule has 0 bridgehead atoms. The number of benzene rings is 2. The molecule has 172 valence electrons. The molecule has 0 aliphatic heterocycles. The van der Waals surface area contributed by atoms with Gasteiger partial charge >= 0.3 is 6.18 Å². The second-order valence-electron chi connectivity index (χ2n) is 7.87. The third-order valence-corrected chi connectivity index (χ3v) is 5.26. The Morgan fingerprint density at radius 1 is 1.03 bits per heavy atom. The number of carbonyl (C=O) groups excluding carboxylic acids is 2. The molecule has 0 saturated heterocycles. The van der Waals surface area contributed by atoms with Crippen LogP contribution in [0.3, 0.4) is 0 Å². The molecule has 3 aromatic rings. The number of hydrogen-bond donors (Lipinski definition) is 2. The van der Waals surface area contributed by atoms with Gasteiger partial charge in [0.2, 0.25) is 11.8 Å². The summed E-state index contributed by atoms with van der Waals surface area (Å²) in [5, 5.41) is 5.09. The molecule has 0 atom stereocenters. The van der Waals surface area contributed by atoms with Crippen molar-refractivity contribution in [2.45, 2.75) is 44.4 Å². The Bertz CT molecular complexity index is 1270. The number of hydrogen-bond acceptors (Lipinski definition) is 4. The maximum atomic E-state index is 13.2. The SMILES string of the molecule is O=C(Cn1c(=O)c(CCC(=O)NC2CC2)nc2ccccc21)Nc1ccccc1C(F)(F)F. The van der Waals surface area contributed by atoms with Gasteiger partial charge in [-0.2, -0.15) is 13.2 Å². The molecule has 0 spiro atoms. The number of para-hydroxylation sites is 3. The monoisotopic (exact) mass is 458 g/mol. The molecule has 1 aromatic heterocycles. The van der Waals surface area contributed by atoms with Gasteiger partial charge in [0.1, 0.15) is 12.2 Å². The van der Waals surface area contributed by atoms with Crippen molar-refractivity contribution in [2.75, 3.05) is 5.32 Å². The maximum Gasteiger partial charge on any atom is 0.418 e. The van der Waals surface area contributed by atoms with E-state index in [2.05, 4.69) is 15.6 Å². The molecular weight excluding hydrogens is 437 g/mol. The van der Waals surface area contributed by atoms with Gasteiger partial charge in [-0.1, -0.05) is 24.3 Å². The van der Waals surface area contributed by atoms with E-state index < -0.39 is 35.4 Å². The molecule has 33 heavy (non-hydrogen) atoms. The van der Waals surface area contributed by atoms with Crippen molar-refractivity contribution in [3.63, 3.8) is 0 Å². The minimum Gasteiger partial charge on any atom is -0.353 e. The molecule has 2 aromatic carbocycles. The average molecular weight is 458 g/mol. The second-order valence-corrected chi connectivity index (χ2v) is 7.87. The Morgan fingerprint density at radius 2 is 1.73 bits per heavy atom. The first-order chi connectivity index (χ1) is 15.7. The zero-order valence-electron chi connectivity index (χ0n) is 17.5. The van der Waals surface area contributed by atoms with Crippen LogP contribution >= 0.6 is 0 Å². The van der Waals surface area contributed by atoms with E-state index in [1.807, 2.05) is 0 Å². The van der Waals surface area contributed by atoms with Crippen molar-refractivity contribution in [3.8, 4) is 0 Å². The number of alkyl halides is 3. The third kappa shape index (κ3) is 5.39. The van der Waals surface area contributed by atoms with Gasteiger partial charge in [0, 0.05) is 18.9 Å². The summed E-state index contributed by atoms with van der Waals surface area (Å²) in [5.41, 5.74) is -1.01. The first-order valence-corrected chi connectivity index (χ1v) is 10.5. The van der Waals surface area contributed by atoms with E-state index in [-0.39, 0.29) is 30.5 Å². The molecule has 10 heteroatoms. The van der Waals surface area contributed by atoms with E-state index in [1.54, 1.807) is 24.3 Å². The molecule has 1 saturated carbocycles. The van der Waals surface area contributed by atoms with Crippen LogP contribution in [0.25, 0.3) is 11.0 Å². The molecule has 2 N–H and O–H groups in total. The summed E-state index contributed by atoms with van der Waals surface area (Å²) in [6.07, 6.45) is -2.60. The van der Waals surface area contributed by atoms with Crippen LogP contribution in [0, 0.1) is 0 Å². The topological polar surface area (TPSA) is 93.1 Å². The Morgan fingerprint density at radius 3 is 2.45 bits per heavy atom. The predicted octanol–water partition coefficient (Wildman–Crippen LogP) is 3.27. The third-order valence-electron chi connectivity index (χ3n) is 5.26. The van der Waals surface area contributed by atoms with Gasteiger partial charge in [-0.15, -0.1) is 0 Å². The summed E-state index contributed by atoms with van der Waals surface area (Å²) in [5.74, 6) is -0.970. The van der Waals surface area contributed by atoms with Crippen LogP contribution in [0.1, 0.15) is 30.5 Å². The fourth-order valence-corrected chi connectivity index (χ4v) is 3.50. The average Bonchev–Trinajstić information content (AvgIpc) is 3.58. The number of fused-ring (bicyclic) bond motifs is 1. The van der Waals surface area contributed by atoms with Gasteiger partial charge in [-0.3, -0.25) is 19.0 Å². The Labute approximate surface area is 186 Å². The van der Waals surface area contributed by atoms with E-state index >= 15 is 0 Å². The van der Waals surface area contributed by atoms with Crippen molar-refractivity contribution in [2.24, 2.45) is 0 Å². The van der Waals surface area contributed by atoms with Gasteiger partial charge in [0.25, 0.3) is 5.56 Å². The van der Waals surface area contributed by atoms with Crippen LogP contribution in [0.4, 0.5) is 18.9 Å². The van der Waals surface area contributed by atoms with Gasteiger partial charge in [-0.05, 0) is 37.1 Å². The molecule has 2 amide bonds. The molecule has 0 unspecified atom stereocenters. The lowest BCUT2D eigenvalue weighted by Crippen LogP contribution is -2.32. The fourth-order valence-electron chi connectivity index (χ4n) is 3.50. The van der Waals surface area contributed by atoms with E-state index in [4.69, 9.17) is 0 Å². The minimum atomic E-state index is -4.64. The van der Waals surface area contributed by atoms with Crippen LogP contribution in [-0.4, -0.2) is 27.4 Å².